The number of amides is 1. The maximum atomic E-state index is 11.6. The molecule has 0 fully saturated rings. The highest BCUT2D eigenvalue weighted by Crippen LogP contribution is 2.18. The first-order valence-electron chi connectivity index (χ1n) is 4.84. The lowest BCUT2D eigenvalue weighted by atomic mass is 10.2. The van der Waals surface area contributed by atoms with Crippen LogP contribution in [0.5, 0.6) is 0 Å². The molecule has 1 N–H and O–H groups in total. The van der Waals surface area contributed by atoms with E-state index in [1.54, 1.807) is 0 Å². The average molecular weight is 276 g/mol. The Labute approximate surface area is 109 Å². The normalized spacial score (nSPS) is 9.82. The van der Waals surface area contributed by atoms with E-state index in [2.05, 4.69) is 10.1 Å². The van der Waals surface area contributed by atoms with Crippen molar-refractivity contribution in [2.45, 2.75) is 6.42 Å². The summed E-state index contributed by atoms with van der Waals surface area (Å²) in [6.45, 7) is 0.204. The predicted molar refractivity (Wildman–Crippen MR) is 65.4 cm³/mol. The van der Waals surface area contributed by atoms with Gasteiger partial charge in [0.25, 0.3) is 5.91 Å². The van der Waals surface area contributed by atoms with E-state index in [-0.39, 0.29) is 24.8 Å². The van der Waals surface area contributed by atoms with Crippen LogP contribution >= 0.6 is 23.2 Å². The molecule has 0 aromatic heterocycles. The maximum Gasteiger partial charge on any atom is 0.307 e. The van der Waals surface area contributed by atoms with Gasteiger partial charge < -0.3 is 10.1 Å². The molecular weight excluding hydrogens is 265 g/mol. The lowest BCUT2D eigenvalue weighted by molar-refractivity contribution is -0.140. The summed E-state index contributed by atoms with van der Waals surface area (Å²) in [7, 11) is 1.29. The zero-order valence-electron chi connectivity index (χ0n) is 9.13. The number of ether oxygens (including phenoxy) is 1. The Bertz CT molecular complexity index is 414. The van der Waals surface area contributed by atoms with E-state index in [9.17, 15) is 9.59 Å². The van der Waals surface area contributed by atoms with Crippen LogP contribution in [0.25, 0.3) is 0 Å². The van der Waals surface area contributed by atoms with Crippen LogP contribution in [0.3, 0.4) is 0 Å². The summed E-state index contributed by atoms with van der Waals surface area (Å²) in [5.41, 5.74) is 0.354. The fourth-order valence-electron chi connectivity index (χ4n) is 1.17. The van der Waals surface area contributed by atoms with Gasteiger partial charge in [-0.1, -0.05) is 23.2 Å². The molecule has 0 heterocycles. The van der Waals surface area contributed by atoms with Crippen molar-refractivity contribution in [1.29, 1.82) is 0 Å². The first kappa shape index (κ1) is 13.8. The largest absolute Gasteiger partial charge is 0.469 e. The van der Waals surface area contributed by atoms with Gasteiger partial charge in [-0.2, -0.15) is 0 Å². The smallest absolute Gasteiger partial charge is 0.307 e. The number of esters is 1. The van der Waals surface area contributed by atoms with Gasteiger partial charge >= 0.3 is 5.97 Å². The van der Waals surface area contributed by atoms with E-state index in [0.717, 1.165) is 0 Å². The molecule has 1 aromatic rings. The first-order chi connectivity index (χ1) is 8.02. The topological polar surface area (TPSA) is 55.4 Å². The Morgan fingerprint density at radius 2 is 1.82 bits per heavy atom. The molecule has 92 valence electrons. The Kier molecular flexibility index (Phi) is 5.25. The summed E-state index contributed by atoms with van der Waals surface area (Å²) in [6.07, 6.45) is 0.122. The summed E-state index contributed by atoms with van der Waals surface area (Å²) in [5, 5.41) is 3.33. The van der Waals surface area contributed by atoms with Crippen LogP contribution in [-0.2, 0) is 9.53 Å². The minimum atomic E-state index is -0.380. The van der Waals surface area contributed by atoms with Gasteiger partial charge in [0.15, 0.2) is 0 Å². The maximum absolute atomic E-state index is 11.6. The van der Waals surface area contributed by atoms with E-state index in [0.29, 0.717) is 15.6 Å². The molecule has 0 atom stereocenters. The number of nitrogens with one attached hydrogen (secondary N) is 1. The van der Waals surface area contributed by atoms with Crippen LogP contribution in [0.4, 0.5) is 0 Å². The highest BCUT2D eigenvalue weighted by molar-refractivity contribution is 6.35. The second-order valence-electron chi connectivity index (χ2n) is 3.24. The van der Waals surface area contributed by atoms with E-state index < -0.39 is 0 Å². The summed E-state index contributed by atoms with van der Waals surface area (Å²) >= 11 is 11.5. The summed E-state index contributed by atoms with van der Waals surface area (Å²) in [5.74, 6) is -0.715. The number of rotatable bonds is 4. The number of methoxy groups -OCH3 is 1. The summed E-state index contributed by atoms with van der Waals surface area (Å²) in [6, 6.07) is 4.54. The molecular formula is C11H11Cl2NO3. The standard InChI is InChI=1S/C11H11Cl2NO3/c1-17-10(15)2-3-14-11(16)7-4-8(12)6-9(13)5-7/h4-6H,2-3H2,1H3,(H,14,16). The van der Waals surface area contributed by atoms with Crippen molar-refractivity contribution < 1.29 is 14.3 Å². The van der Waals surface area contributed by atoms with Crippen molar-refractivity contribution in [2.24, 2.45) is 0 Å². The molecule has 4 nitrogen and oxygen atoms in total. The van der Waals surface area contributed by atoms with Gasteiger partial charge in [0.1, 0.15) is 0 Å². The summed E-state index contributed by atoms with van der Waals surface area (Å²) in [4.78, 5) is 22.5. The van der Waals surface area contributed by atoms with Gasteiger partial charge in [0.2, 0.25) is 0 Å². The van der Waals surface area contributed by atoms with Crippen molar-refractivity contribution in [3.8, 4) is 0 Å². The minimum absolute atomic E-state index is 0.122. The lowest BCUT2D eigenvalue weighted by Crippen LogP contribution is -2.26. The first-order valence-corrected chi connectivity index (χ1v) is 5.59. The van der Waals surface area contributed by atoms with Crippen LogP contribution in [0.2, 0.25) is 10.0 Å². The second kappa shape index (κ2) is 6.47. The molecule has 0 saturated carbocycles. The molecule has 0 unspecified atom stereocenters. The molecule has 1 amide bonds. The van der Waals surface area contributed by atoms with E-state index in [1.807, 2.05) is 0 Å². The van der Waals surface area contributed by atoms with Gasteiger partial charge in [-0.15, -0.1) is 0 Å². The van der Waals surface area contributed by atoms with Gasteiger partial charge in [-0.3, -0.25) is 9.59 Å². The van der Waals surface area contributed by atoms with Crippen molar-refractivity contribution in [3.63, 3.8) is 0 Å². The van der Waals surface area contributed by atoms with Crippen LogP contribution in [0.1, 0.15) is 16.8 Å². The molecule has 0 saturated heterocycles. The third-order valence-electron chi connectivity index (χ3n) is 1.97. The highest BCUT2D eigenvalue weighted by Gasteiger charge is 2.08. The molecule has 17 heavy (non-hydrogen) atoms. The van der Waals surface area contributed by atoms with Crippen molar-refractivity contribution in [2.75, 3.05) is 13.7 Å². The van der Waals surface area contributed by atoms with Gasteiger partial charge in [0.05, 0.1) is 13.5 Å². The molecule has 0 aliphatic carbocycles. The molecule has 0 spiro atoms. The molecule has 1 aromatic carbocycles. The summed E-state index contributed by atoms with van der Waals surface area (Å²) < 4.78 is 4.44. The molecule has 0 aliphatic heterocycles. The Morgan fingerprint density at radius 1 is 1.24 bits per heavy atom. The van der Waals surface area contributed by atoms with E-state index in [1.165, 1.54) is 25.3 Å². The number of hydrogen-bond donors (Lipinski definition) is 1. The fraction of sp³-hybridized carbons (Fsp3) is 0.273. The molecule has 6 heteroatoms. The van der Waals surface area contributed by atoms with E-state index in [4.69, 9.17) is 23.2 Å². The van der Waals surface area contributed by atoms with Crippen molar-refractivity contribution in [1.82, 2.24) is 5.32 Å². The number of hydrogen-bond acceptors (Lipinski definition) is 3. The Hall–Kier alpha value is -1.26. The molecule has 1 rings (SSSR count). The molecule has 0 aliphatic rings. The second-order valence-corrected chi connectivity index (χ2v) is 4.11. The van der Waals surface area contributed by atoms with Crippen LogP contribution < -0.4 is 5.32 Å². The van der Waals surface area contributed by atoms with Crippen LogP contribution in [0.15, 0.2) is 18.2 Å². The fourth-order valence-corrected chi connectivity index (χ4v) is 1.69. The van der Waals surface area contributed by atoms with Crippen LogP contribution in [0, 0.1) is 0 Å². The average Bonchev–Trinajstić information content (AvgIpc) is 2.27. The van der Waals surface area contributed by atoms with Gasteiger partial charge in [0, 0.05) is 22.2 Å². The SMILES string of the molecule is COC(=O)CCNC(=O)c1cc(Cl)cc(Cl)c1. The number of carbonyl (C=O) groups is 2. The molecule has 0 radical (unpaired) electrons. The zero-order valence-corrected chi connectivity index (χ0v) is 10.6. The van der Waals surface area contributed by atoms with E-state index >= 15 is 0 Å². The third kappa shape index (κ3) is 4.63. The lowest BCUT2D eigenvalue weighted by Gasteiger charge is -2.05. The quantitative estimate of drug-likeness (QED) is 0.858. The van der Waals surface area contributed by atoms with Crippen LogP contribution in [-0.4, -0.2) is 25.5 Å². The Balaban J connectivity index is 2.55. The highest BCUT2D eigenvalue weighted by atomic mass is 35.5. The predicted octanol–water partition coefficient (Wildman–Crippen LogP) is 2.29. The zero-order chi connectivity index (χ0) is 12.8. The number of benzene rings is 1. The number of carbonyl (C=O) groups excluding carboxylic acids is 2. The minimum Gasteiger partial charge on any atom is -0.469 e. The third-order valence-corrected chi connectivity index (χ3v) is 2.40. The van der Waals surface area contributed by atoms with Crippen molar-refractivity contribution in [3.05, 3.63) is 33.8 Å². The molecule has 0 bridgehead atoms. The monoisotopic (exact) mass is 275 g/mol. The Morgan fingerprint density at radius 3 is 2.35 bits per heavy atom. The van der Waals surface area contributed by atoms with Gasteiger partial charge in [-0.25, -0.2) is 0 Å². The van der Waals surface area contributed by atoms with Gasteiger partial charge in [-0.05, 0) is 18.2 Å². The van der Waals surface area contributed by atoms with Crippen molar-refractivity contribution >= 4 is 35.1 Å². The number of halogens is 2.